The normalized spacial score (nSPS) is 11.0. The summed E-state index contributed by atoms with van der Waals surface area (Å²) in [6.45, 7) is 2.08. The molecule has 0 aliphatic heterocycles. The molecule has 1 aromatic heterocycles. The number of H-pyrrole nitrogens is 1. The molecule has 27 heavy (non-hydrogen) atoms. The molecule has 0 bridgehead atoms. The van der Waals surface area contributed by atoms with Crippen molar-refractivity contribution < 1.29 is 9.53 Å². The molecular weight excluding hydrogens is 360 g/mol. The maximum Gasteiger partial charge on any atom is 0.262 e. The van der Waals surface area contributed by atoms with Gasteiger partial charge < -0.3 is 15.0 Å². The van der Waals surface area contributed by atoms with Crippen LogP contribution in [0.4, 0.5) is 5.69 Å². The van der Waals surface area contributed by atoms with Crippen molar-refractivity contribution >= 4 is 45.0 Å². The van der Waals surface area contributed by atoms with Crippen LogP contribution in [0.3, 0.4) is 0 Å². The molecule has 0 fully saturated rings. The SMILES string of the molecule is CCc1cccc2c1[nH]c1cc(NC(=O)COc3ccc(Cl)cc3)ccc12. The van der Waals surface area contributed by atoms with Gasteiger partial charge in [-0.1, -0.05) is 42.8 Å². The van der Waals surface area contributed by atoms with Gasteiger partial charge in [0.15, 0.2) is 6.61 Å². The first kappa shape index (κ1) is 17.4. The fraction of sp³-hybridized carbons (Fsp3) is 0.136. The molecule has 1 amide bonds. The molecule has 0 aliphatic carbocycles. The molecule has 0 unspecified atom stereocenters. The van der Waals surface area contributed by atoms with Crippen LogP contribution in [0, 0.1) is 0 Å². The molecule has 0 aliphatic rings. The van der Waals surface area contributed by atoms with Gasteiger partial charge in [-0.2, -0.15) is 0 Å². The van der Waals surface area contributed by atoms with E-state index in [2.05, 4.69) is 35.4 Å². The van der Waals surface area contributed by atoms with Crippen molar-refractivity contribution in [2.45, 2.75) is 13.3 Å². The first-order valence-corrected chi connectivity index (χ1v) is 9.23. The average Bonchev–Trinajstić information content (AvgIpc) is 3.05. The Morgan fingerprint density at radius 2 is 1.89 bits per heavy atom. The van der Waals surface area contributed by atoms with Crippen LogP contribution in [0.1, 0.15) is 12.5 Å². The Hall–Kier alpha value is -2.98. The minimum Gasteiger partial charge on any atom is -0.484 e. The number of aromatic amines is 1. The molecule has 2 N–H and O–H groups in total. The maximum absolute atomic E-state index is 12.2. The first-order chi connectivity index (χ1) is 13.1. The number of carbonyl (C=O) groups is 1. The number of nitrogens with one attached hydrogen (secondary N) is 2. The molecule has 1 heterocycles. The smallest absolute Gasteiger partial charge is 0.262 e. The molecule has 3 aromatic carbocycles. The van der Waals surface area contributed by atoms with E-state index in [1.807, 2.05) is 18.2 Å². The van der Waals surface area contributed by atoms with Gasteiger partial charge in [0, 0.05) is 32.5 Å². The highest BCUT2D eigenvalue weighted by atomic mass is 35.5. The van der Waals surface area contributed by atoms with Gasteiger partial charge in [0.25, 0.3) is 5.91 Å². The van der Waals surface area contributed by atoms with Crippen LogP contribution < -0.4 is 10.1 Å². The minimum absolute atomic E-state index is 0.0631. The van der Waals surface area contributed by atoms with E-state index in [9.17, 15) is 4.79 Å². The number of fused-ring (bicyclic) bond motifs is 3. The van der Waals surface area contributed by atoms with Crippen molar-refractivity contribution in [2.75, 3.05) is 11.9 Å². The van der Waals surface area contributed by atoms with Gasteiger partial charge in [0.05, 0.1) is 0 Å². The van der Waals surface area contributed by atoms with Crippen molar-refractivity contribution in [3.05, 3.63) is 71.2 Å². The zero-order valence-corrected chi connectivity index (χ0v) is 15.6. The molecular formula is C22H19ClN2O2. The number of carbonyl (C=O) groups excluding carboxylic acids is 1. The Labute approximate surface area is 162 Å². The Balaban J connectivity index is 1.51. The van der Waals surface area contributed by atoms with Crippen LogP contribution in [0.15, 0.2) is 60.7 Å². The van der Waals surface area contributed by atoms with E-state index in [1.165, 1.54) is 10.9 Å². The Morgan fingerprint density at radius 3 is 2.67 bits per heavy atom. The molecule has 0 atom stereocenters. The second kappa shape index (κ2) is 7.33. The Bertz CT molecular complexity index is 1120. The van der Waals surface area contributed by atoms with Crippen molar-refractivity contribution in [3.63, 3.8) is 0 Å². The van der Waals surface area contributed by atoms with Gasteiger partial charge >= 0.3 is 0 Å². The molecule has 0 saturated heterocycles. The summed E-state index contributed by atoms with van der Waals surface area (Å²) in [4.78, 5) is 15.7. The molecule has 0 radical (unpaired) electrons. The van der Waals surface area contributed by atoms with Crippen molar-refractivity contribution in [3.8, 4) is 5.75 Å². The summed E-state index contributed by atoms with van der Waals surface area (Å²) in [7, 11) is 0. The number of benzene rings is 3. The highest BCUT2D eigenvalue weighted by molar-refractivity contribution is 6.30. The van der Waals surface area contributed by atoms with Gasteiger partial charge in [0.2, 0.25) is 0 Å². The predicted molar refractivity (Wildman–Crippen MR) is 111 cm³/mol. The fourth-order valence-corrected chi connectivity index (χ4v) is 3.36. The zero-order chi connectivity index (χ0) is 18.8. The Morgan fingerprint density at radius 1 is 1.07 bits per heavy atom. The van der Waals surface area contributed by atoms with Crippen molar-refractivity contribution in [2.24, 2.45) is 0 Å². The van der Waals surface area contributed by atoms with E-state index in [0.29, 0.717) is 10.8 Å². The fourth-order valence-electron chi connectivity index (χ4n) is 3.24. The van der Waals surface area contributed by atoms with Crippen LogP contribution >= 0.6 is 11.6 Å². The number of halogens is 1. The van der Waals surface area contributed by atoms with Gasteiger partial charge in [-0.3, -0.25) is 4.79 Å². The van der Waals surface area contributed by atoms with E-state index >= 15 is 0 Å². The number of hydrogen-bond donors (Lipinski definition) is 2. The third-order valence-corrected chi connectivity index (χ3v) is 4.82. The number of ether oxygens (including phenoxy) is 1. The summed E-state index contributed by atoms with van der Waals surface area (Å²) in [5.41, 5.74) is 4.18. The van der Waals surface area contributed by atoms with Crippen LogP contribution in [-0.2, 0) is 11.2 Å². The quantitative estimate of drug-likeness (QED) is 0.478. The lowest BCUT2D eigenvalue weighted by molar-refractivity contribution is -0.118. The van der Waals surface area contributed by atoms with E-state index in [0.717, 1.165) is 28.5 Å². The number of hydrogen-bond acceptors (Lipinski definition) is 2. The van der Waals surface area contributed by atoms with E-state index in [-0.39, 0.29) is 12.5 Å². The molecule has 0 spiro atoms. The summed E-state index contributed by atoms with van der Waals surface area (Å²) in [5.74, 6) is 0.391. The standard InChI is InChI=1S/C22H19ClN2O2/c1-2-14-4-3-5-19-18-11-8-16(12-20(18)25-22(14)19)24-21(26)13-27-17-9-6-15(23)7-10-17/h3-12,25H,2,13H2,1H3,(H,24,26). The van der Waals surface area contributed by atoms with Crippen LogP contribution in [0.25, 0.3) is 21.8 Å². The third-order valence-electron chi connectivity index (χ3n) is 4.57. The van der Waals surface area contributed by atoms with Gasteiger partial charge in [-0.15, -0.1) is 0 Å². The summed E-state index contributed by atoms with van der Waals surface area (Å²) in [6.07, 6.45) is 0.968. The first-order valence-electron chi connectivity index (χ1n) is 8.85. The third kappa shape index (κ3) is 3.62. The lowest BCUT2D eigenvalue weighted by Gasteiger charge is -2.07. The number of aryl methyl sites for hydroxylation is 1. The van der Waals surface area contributed by atoms with Crippen molar-refractivity contribution in [1.29, 1.82) is 0 Å². The topological polar surface area (TPSA) is 54.1 Å². The zero-order valence-electron chi connectivity index (χ0n) is 14.9. The monoisotopic (exact) mass is 378 g/mol. The summed E-state index contributed by atoms with van der Waals surface area (Å²) in [5, 5.41) is 5.86. The second-order valence-electron chi connectivity index (χ2n) is 6.37. The molecule has 0 saturated carbocycles. The van der Waals surface area contributed by atoms with Crippen LogP contribution in [-0.4, -0.2) is 17.5 Å². The van der Waals surface area contributed by atoms with Gasteiger partial charge in [-0.25, -0.2) is 0 Å². The van der Waals surface area contributed by atoms with Gasteiger partial charge in [-0.05, 0) is 48.4 Å². The summed E-state index contributed by atoms with van der Waals surface area (Å²) < 4.78 is 5.48. The molecule has 5 heteroatoms. The lowest BCUT2D eigenvalue weighted by Crippen LogP contribution is -2.20. The number of aromatic nitrogens is 1. The molecule has 4 rings (SSSR count). The molecule has 136 valence electrons. The number of anilines is 1. The largest absolute Gasteiger partial charge is 0.484 e. The van der Waals surface area contributed by atoms with Crippen LogP contribution in [0.5, 0.6) is 5.75 Å². The minimum atomic E-state index is -0.213. The maximum atomic E-state index is 12.2. The van der Waals surface area contributed by atoms with E-state index in [4.69, 9.17) is 16.3 Å². The van der Waals surface area contributed by atoms with E-state index < -0.39 is 0 Å². The number of amides is 1. The van der Waals surface area contributed by atoms with Crippen molar-refractivity contribution in [1.82, 2.24) is 4.98 Å². The average molecular weight is 379 g/mol. The highest BCUT2D eigenvalue weighted by Gasteiger charge is 2.09. The summed E-state index contributed by atoms with van der Waals surface area (Å²) >= 11 is 5.84. The highest BCUT2D eigenvalue weighted by Crippen LogP contribution is 2.29. The lowest BCUT2D eigenvalue weighted by atomic mass is 10.1. The second-order valence-corrected chi connectivity index (χ2v) is 6.81. The summed E-state index contributed by atoms with van der Waals surface area (Å²) in [6, 6.07) is 19.1. The number of rotatable bonds is 5. The predicted octanol–water partition coefficient (Wildman–Crippen LogP) is 5.55. The van der Waals surface area contributed by atoms with Crippen LogP contribution in [0.2, 0.25) is 5.02 Å². The molecule has 4 aromatic rings. The Kier molecular flexibility index (Phi) is 4.73. The molecule has 4 nitrogen and oxygen atoms in total. The number of para-hydroxylation sites is 1. The van der Waals surface area contributed by atoms with E-state index in [1.54, 1.807) is 24.3 Å². The van der Waals surface area contributed by atoms with Gasteiger partial charge in [0.1, 0.15) is 5.75 Å².